The van der Waals surface area contributed by atoms with Crippen LogP contribution in [0.4, 0.5) is 5.82 Å². The topological polar surface area (TPSA) is 73.1 Å². The average molecular weight is 360 g/mol. The van der Waals surface area contributed by atoms with Crippen LogP contribution in [0.1, 0.15) is 0 Å². The van der Waals surface area contributed by atoms with Crippen molar-refractivity contribution in [1.29, 1.82) is 0 Å². The zero-order valence-electron chi connectivity index (χ0n) is 8.52. The summed E-state index contributed by atoms with van der Waals surface area (Å²) in [5.74, 6) is 6.69. The highest BCUT2D eigenvalue weighted by Crippen LogP contribution is 2.31. The largest absolute Gasteiger partial charge is 0.436 e. The fraction of sp³-hybridized carbons (Fsp3) is 0. The fourth-order valence-electron chi connectivity index (χ4n) is 1.14. The molecule has 0 aliphatic carbocycles. The Morgan fingerprint density at radius 2 is 2.06 bits per heavy atom. The van der Waals surface area contributed by atoms with Crippen LogP contribution < -0.4 is 16.0 Å². The predicted molar refractivity (Wildman–Crippen MR) is 71.8 cm³/mol. The molecule has 0 saturated carbocycles. The normalized spacial score (nSPS) is 10.1. The molecule has 0 saturated heterocycles. The summed E-state index contributed by atoms with van der Waals surface area (Å²) in [6.07, 6.45) is 3.01. The Labute approximate surface area is 115 Å². The molecule has 0 spiro atoms. The van der Waals surface area contributed by atoms with E-state index >= 15 is 0 Å². The van der Waals surface area contributed by atoms with Gasteiger partial charge in [-0.1, -0.05) is 15.9 Å². The summed E-state index contributed by atoms with van der Waals surface area (Å²) >= 11 is 6.76. The summed E-state index contributed by atoms with van der Waals surface area (Å²) < 4.78 is 7.35. The monoisotopic (exact) mass is 358 g/mol. The molecule has 1 heterocycles. The fourth-order valence-corrected chi connectivity index (χ4v) is 2.27. The number of nitrogens with two attached hydrogens (primary N) is 1. The molecule has 0 aliphatic rings. The third kappa shape index (κ3) is 3.15. The molecule has 1 aromatic heterocycles. The van der Waals surface area contributed by atoms with Gasteiger partial charge in [0.05, 0.1) is 16.9 Å². The van der Waals surface area contributed by atoms with Crippen molar-refractivity contribution >= 4 is 37.7 Å². The van der Waals surface area contributed by atoms with Crippen molar-refractivity contribution < 1.29 is 4.74 Å². The number of nitrogen functional groups attached to an aromatic ring is 1. The van der Waals surface area contributed by atoms with Gasteiger partial charge >= 0.3 is 0 Å². The number of nitrogens with zero attached hydrogens (tertiary/aromatic N) is 2. The smallest absolute Gasteiger partial charge is 0.239 e. The standard InChI is InChI=1S/C10H8Br2N4O/c11-6-1-2-8(7(12)3-6)17-10-5-14-4-9(15-10)16-13/h1-5H,13H2,(H,15,16). The number of ether oxygens (including phenoxy) is 1. The van der Waals surface area contributed by atoms with Crippen LogP contribution in [0.15, 0.2) is 39.5 Å². The number of nitrogens with one attached hydrogen (secondary N) is 1. The molecule has 0 aliphatic heterocycles. The minimum Gasteiger partial charge on any atom is -0.436 e. The molecule has 0 bridgehead atoms. The lowest BCUT2D eigenvalue weighted by molar-refractivity contribution is 0.458. The first kappa shape index (κ1) is 12.3. The molecule has 7 heteroatoms. The minimum atomic E-state index is 0.364. The van der Waals surface area contributed by atoms with Gasteiger partial charge in [0, 0.05) is 4.47 Å². The van der Waals surface area contributed by atoms with Crippen molar-refractivity contribution in [3.05, 3.63) is 39.5 Å². The van der Waals surface area contributed by atoms with Crippen LogP contribution in [-0.2, 0) is 0 Å². The molecule has 3 N–H and O–H groups in total. The zero-order chi connectivity index (χ0) is 12.3. The summed E-state index contributed by atoms with van der Waals surface area (Å²) in [5, 5.41) is 0. The summed E-state index contributed by atoms with van der Waals surface area (Å²) in [6.45, 7) is 0. The van der Waals surface area contributed by atoms with Crippen molar-refractivity contribution in [2.75, 3.05) is 5.43 Å². The molecule has 0 radical (unpaired) electrons. The highest BCUT2D eigenvalue weighted by Gasteiger charge is 2.05. The van der Waals surface area contributed by atoms with Gasteiger partial charge in [0.2, 0.25) is 5.88 Å². The Bertz CT molecular complexity index is 535. The summed E-state index contributed by atoms with van der Waals surface area (Å²) in [7, 11) is 0. The number of rotatable bonds is 3. The van der Waals surface area contributed by atoms with Crippen molar-refractivity contribution in [3.63, 3.8) is 0 Å². The molecule has 0 atom stereocenters. The van der Waals surface area contributed by atoms with Crippen LogP contribution in [0.3, 0.4) is 0 Å². The third-order valence-electron chi connectivity index (χ3n) is 1.87. The van der Waals surface area contributed by atoms with Crippen molar-refractivity contribution in [1.82, 2.24) is 9.97 Å². The van der Waals surface area contributed by atoms with Crippen LogP contribution in [-0.4, -0.2) is 9.97 Å². The molecule has 0 fully saturated rings. The average Bonchev–Trinajstić information content (AvgIpc) is 2.33. The molecule has 2 rings (SSSR count). The second-order valence-corrected chi connectivity index (χ2v) is 4.83. The van der Waals surface area contributed by atoms with E-state index in [1.54, 1.807) is 0 Å². The van der Waals surface area contributed by atoms with E-state index in [4.69, 9.17) is 10.6 Å². The van der Waals surface area contributed by atoms with Gasteiger partial charge in [-0.05, 0) is 34.1 Å². The van der Waals surface area contributed by atoms with Gasteiger partial charge in [0.25, 0.3) is 0 Å². The van der Waals surface area contributed by atoms with Crippen molar-refractivity contribution in [2.45, 2.75) is 0 Å². The van der Waals surface area contributed by atoms with Gasteiger partial charge in [-0.3, -0.25) is 4.98 Å². The van der Waals surface area contributed by atoms with Crippen LogP contribution in [0, 0.1) is 0 Å². The number of aromatic nitrogens is 2. The first-order valence-corrected chi connectivity index (χ1v) is 6.19. The number of halogens is 2. The number of anilines is 1. The van der Waals surface area contributed by atoms with E-state index in [1.807, 2.05) is 18.2 Å². The van der Waals surface area contributed by atoms with Crippen LogP contribution in [0.2, 0.25) is 0 Å². The third-order valence-corrected chi connectivity index (χ3v) is 2.98. The Morgan fingerprint density at radius 3 is 2.76 bits per heavy atom. The van der Waals surface area contributed by atoms with E-state index in [9.17, 15) is 0 Å². The molecule has 1 aromatic carbocycles. The Hall–Kier alpha value is -1.18. The summed E-state index contributed by atoms with van der Waals surface area (Å²) in [4.78, 5) is 8.04. The number of hydrogen-bond acceptors (Lipinski definition) is 5. The maximum atomic E-state index is 5.57. The molecule has 88 valence electrons. The van der Waals surface area contributed by atoms with E-state index in [0.717, 1.165) is 8.95 Å². The second-order valence-electron chi connectivity index (χ2n) is 3.06. The Balaban J connectivity index is 2.25. The van der Waals surface area contributed by atoms with E-state index in [1.165, 1.54) is 12.4 Å². The van der Waals surface area contributed by atoms with Crippen molar-refractivity contribution in [3.8, 4) is 11.6 Å². The van der Waals surface area contributed by atoms with Gasteiger partial charge < -0.3 is 10.2 Å². The second kappa shape index (κ2) is 5.44. The van der Waals surface area contributed by atoms with Gasteiger partial charge in [-0.2, -0.15) is 4.98 Å². The van der Waals surface area contributed by atoms with E-state index < -0.39 is 0 Å². The zero-order valence-corrected chi connectivity index (χ0v) is 11.7. The lowest BCUT2D eigenvalue weighted by Gasteiger charge is -2.07. The SMILES string of the molecule is NNc1cncc(Oc2ccc(Br)cc2Br)n1. The highest BCUT2D eigenvalue weighted by atomic mass is 79.9. The first-order valence-electron chi connectivity index (χ1n) is 4.60. The first-order chi connectivity index (χ1) is 8.19. The molecule has 0 amide bonds. The van der Waals surface area contributed by atoms with E-state index in [-0.39, 0.29) is 0 Å². The van der Waals surface area contributed by atoms with E-state index in [0.29, 0.717) is 17.4 Å². The predicted octanol–water partition coefficient (Wildman–Crippen LogP) is 3.08. The number of benzene rings is 1. The summed E-state index contributed by atoms with van der Waals surface area (Å²) in [5.41, 5.74) is 2.40. The van der Waals surface area contributed by atoms with Crippen molar-refractivity contribution in [2.24, 2.45) is 5.84 Å². The molecule has 2 aromatic rings. The highest BCUT2D eigenvalue weighted by molar-refractivity contribution is 9.11. The van der Waals surface area contributed by atoms with Gasteiger partial charge in [-0.15, -0.1) is 0 Å². The molecular weight excluding hydrogens is 352 g/mol. The molecule has 0 unspecified atom stereocenters. The molecule has 5 nitrogen and oxygen atoms in total. The van der Waals surface area contributed by atoms with Gasteiger partial charge in [0.1, 0.15) is 5.75 Å². The van der Waals surface area contributed by atoms with E-state index in [2.05, 4.69) is 47.3 Å². The van der Waals surface area contributed by atoms with Crippen LogP contribution in [0.5, 0.6) is 11.6 Å². The Kier molecular flexibility index (Phi) is 3.93. The Morgan fingerprint density at radius 1 is 1.24 bits per heavy atom. The molecule has 17 heavy (non-hydrogen) atoms. The quantitative estimate of drug-likeness (QED) is 0.650. The van der Waals surface area contributed by atoms with Gasteiger partial charge in [0.15, 0.2) is 5.82 Å². The molecular formula is C10H8Br2N4O. The lowest BCUT2D eigenvalue weighted by atomic mass is 10.3. The number of hydrogen-bond donors (Lipinski definition) is 2. The van der Waals surface area contributed by atoms with Crippen LogP contribution >= 0.6 is 31.9 Å². The van der Waals surface area contributed by atoms with Crippen LogP contribution in [0.25, 0.3) is 0 Å². The number of hydrazine groups is 1. The minimum absolute atomic E-state index is 0.364. The maximum Gasteiger partial charge on any atom is 0.239 e. The lowest BCUT2D eigenvalue weighted by Crippen LogP contribution is -2.09. The van der Waals surface area contributed by atoms with Gasteiger partial charge in [-0.25, -0.2) is 5.84 Å². The maximum absolute atomic E-state index is 5.57. The summed E-state index contributed by atoms with van der Waals surface area (Å²) in [6, 6.07) is 5.57.